The molecule has 1 unspecified atom stereocenters. The summed E-state index contributed by atoms with van der Waals surface area (Å²) in [5.74, 6) is -0.0722. The van der Waals surface area contributed by atoms with E-state index in [-0.39, 0.29) is 11.9 Å². The molecule has 1 aliphatic carbocycles. The van der Waals surface area contributed by atoms with Crippen molar-refractivity contribution in [3.8, 4) is 0 Å². The molecular formula is C20H19NO2. The van der Waals surface area contributed by atoms with Gasteiger partial charge in [0.05, 0.1) is 24.1 Å². The minimum absolute atomic E-state index is 0.203. The van der Waals surface area contributed by atoms with E-state index in [9.17, 15) is 4.79 Å². The number of carbonyl (C=O) groups excluding carboxylic acids is 1. The Bertz CT molecular complexity index is 719. The summed E-state index contributed by atoms with van der Waals surface area (Å²) >= 11 is 0. The van der Waals surface area contributed by atoms with Crippen LogP contribution in [0, 0.1) is 5.92 Å². The lowest BCUT2D eigenvalue weighted by Gasteiger charge is -2.26. The number of aliphatic imine (C=N–C) groups is 1. The highest BCUT2D eigenvalue weighted by Gasteiger charge is 2.32. The molecule has 0 heterocycles. The zero-order chi connectivity index (χ0) is 16.2. The van der Waals surface area contributed by atoms with Gasteiger partial charge < -0.3 is 4.74 Å². The molecule has 1 atom stereocenters. The molecule has 0 amide bonds. The van der Waals surface area contributed by atoms with Crippen LogP contribution >= 0.6 is 0 Å². The molecule has 0 bridgehead atoms. The lowest BCUT2D eigenvalue weighted by molar-refractivity contribution is -0.137. The Morgan fingerprint density at radius 1 is 1.00 bits per heavy atom. The van der Waals surface area contributed by atoms with Crippen molar-refractivity contribution < 1.29 is 9.53 Å². The van der Waals surface area contributed by atoms with Crippen molar-refractivity contribution in [3.05, 3.63) is 83.1 Å². The van der Waals surface area contributed by atoms with Crippen molar-refractivity contribution in [3.63, 3.8) is 0 Å². The van der Waals surface area contributed by atoms with Crippen LogP contribution in [0.3, 0.4) is 0 Å². The summed E-state index contributed by atoms with van der Waals surface area (Å²) in [5.41, 5.74) is 4.48. The second-order valence-corrected chi connectivity index (χ2v) is 5.65. The van der Waals surface area contributed by atoms with E-state index in [4.69, 9.17) is 9.73 Å². The Kier molecular flexibility index (Phi) is 4.38. The lowest BCUT2D eigenvalue weighted by atomic mass is 9.82. The van der Waals surface area contributed by atoms with Crippen LogP contribution in [0.1, 0.15) is 24.5 Å². The Balaban J connectivity index is 2.10. The summed E-state index contributed by atoms with van der Waals surface area (Å²) in [6, 6.07) is 20.1. The fourth-order valence-corrected chi connectivity index (χ4v) is 2.81. The quantitative estimate of drug-likeness (QED) is 0.633. The summed E-state index contributed by atoms with van der Waals surface area (Å²) in [6.07, 6.45) is 0.799. The molecule has 23 heavy (non-hydrogen) atoms. The average Bonchev–Trinajstić information content (AvgIpc) is 2.59. The molecule has 2 aromatic carbocycles. The molecule has 0 aliphatic heterocycles. The van der Waals surface area contributed by atoms with E-state index in [1.165, 1.54) is 7.11 Å². The normalized spacial score (nSPS) is 16.5. The molecule has 2 aromatic rings. The second-order valence-electron chi connectivity index (χ2n) is 5.65. The van der Waals surface area contributed by atoms with E-state index < -0.39 is 0 Å². The number of esters is 1. The third-order valence-electron chi connectivity index (χ3n) is 4.05. The van der Waals surface area contributed by atoms with Crippen molar-refractivity contribution in [2.75, 3.05) is 7.11 Å². The van der Waals surface area contributed by atoms with E-state index in [1.54, 1.807) is 0 Å². The molecule has 0 fully saturated rings. The van der Waals surface area contributed by atoms with Crippen LogP contribution in [0.2, 0.25) is 0 Å². The minimum Gasteiger partial charge on any atom is -0.466 e. The van der Waals surface area contributed by atoms with Gasteiger partial charge in [-0.3, -0.25) is 4.99 Å². The Hall–Kier alpha value is -2.68. The smallest absolute Gasteiger partial charge is 0.335 e. The summed E-state index contributed by atoms with van der Waals surface area (Å²) in [7, 11) is 1.41. The van der Waals surface area contributed by atoms with E-state index in [0.717, 1.165) is 29.0 Å². The van der Waals surface area contributed by atoms with Gasteiger partial charge in [0.15, 0.2) is 0 Å². The topological polar surface area (TPSA) is 38.7 Å². The first-order valence-electron chi connectivity index (χ1n) is 7.71. The van der Waals surface area contributed by atoms with Crippen LogP contribution in [0.4, 0.5) is 0 Å². The monoisotopic (exact) mass is 305 g/mol. The molecule has 3 heteroatoms. The summed E-state index contributed by atoms with van der Waals surface area (Å²) in [6.45, 7) is 2.02. The maximum atomic E-state index is 11.9. The standard InChI is InChI=1S/C20H19NO2/c1-14-13-17(18(14)20(22)23-2)21-19(15-9-5-3-6-10-15)16-11-7-4-8-12-16/h3-12,14H,13H2,1-2H3. The van der Waals surface area contributed by atoms with Crippen LogP contribution < -0.4 is 0 Å². The van der Waals surface area contributed by atoms with Gasteiger partial charge in [-0.1, -0.05) is 67.6 Å². The highest BCUT2D eigenvalue weighted by atomic mass is 16.5. The summed E-state index contributed by atoms with van der Waals surface area (Å²) < 4.78 is 4.88. The minimum atomic E-state index is -0.275. The summed E-state index contributed by atoms with van der Waals surface area (Å²) in [4.78, 5) is 16.7. The number of hydrogen-bond acceptors (Lipinski definition) is 3. The number of allylic oxidation sites excluding steroid dienone is 1. The number of nitrogens with zero attached hydrogens (tertiary/aromatic N) is 1. The SMILES string of the molecule is COC(=O)C1=C(N=C(c2ccccc2)c2ccccc2)CC1C. The highest BCUT2D eigenvalue weighted by molar-refractivity contribution is 6.13. The molecule has 1 aliphatic rings. The third-order valence-corrected chi connectivity index (χ3v) is 4.05. The maximum Gasteiger partial charge on any atom is 0.335 e. The van der Waals surface area contributed by atoms with Gasteiger partial charge in [-0.2, -0.15) is 0 Å². The first kappa shape index (κ1) is 15.2. The number of benzene rings is 2. The van der Waals surface area contributed by atoms with Gasteiger partial charge in [0, 0.05) is 11.1 Å². The van der Waals surface area contributed by atoms with E-state index in [0.29, 0.717) is 5.57 Å². The van der Waals surface area contributed by atoms with Gasteiger partial charge in [0.1, 0.15) is 0 Å². The van der Waals surface area contributed by atoms with Crippen LogP contribution in [-0.2, 0) is 9.53 Å². The van der Waals surface area contributed by atoms with Gasteiger partial charge in [0.25, 0.3) is 0 Å². The maximum absolute atomic E-state index is 11.9. The van der Waals surface area contributed by atoms with Gasteiger partial charge >= 0.3 is 5.97 Å². The Morgan fingerprint density at radius 3 is 1.96 bits per heavy atom. The highest BCUT2D eigenvalue weighted by Crippen LogP contribution is 2.36. The predicted molar refractivity (Wildman–Crippen MR) is 91.3 cm³/mol. The van der Waals surface area contributed by atoms with Crippen LogP contribution in [-0.4, -0.2) is 18.8 Å². The first-order chi connectivity index (χ1) is 11.2. The number of rotatable bonds is 4. The molecule has 3 nitrogen and oxygen atoms in total. The van der Waals surface area contributed by atoms with Crippen molar-refractivity contribution in [2.24, 2.45) is 10.9 Å². The second kappa shape index (κ2) is 6.61. The Morgan fingerprint density at radius 2 is 1.52 bits per heavy atom. The zero-order valence-corrected chi connectivity index (χ0v) is 13.3. The van der Waals surface area contributed by atoms with Crippen LogP contribution in [0.25, 0.3) is 0 Å². The van der Waals surface area contributed by atoms with Gasteiger partial charge in [-0.15, -0.1) is 0 Å². The zero-order valence-electron chi connectivity index (χ0n) is 13.3. The van der Waals surface area contributed by atoms with Gasteiger partial charge in [-0.05, 0) is 12.3 Å². The van der Waals surface area contributed by atoms with E-state index >= 15 is 0 Å². The van der Waals surface area contributed by atoms with Crippen LogP contribution in [0.5, 0.6) is 0 Å². The van der Waals surface area contributed by atoms with Crippen molar-refractivity contribution >= 4 is 11.7 Å². The first-order valence-corrected chi connectivity index (χ1v) is 7.71. The molecule has 0 saturated carbocycles. The Labute approximate surface area is 136 Å². The number of ether oxygens (including phenoxy) is 1. The predicted octanol–water partition coefficient (Wildman–Crippen LogP) is 3.99. The molecule has 0 aromatic heterocycles. The molecule has 116 valence electrons. The number of methoxy groups -OCH3 is 1. The van der Waals surface area contributed by atoms with Crippen molar-refractivity contribution in [1.82, 2.24) is 0 Å². The molecule has 3 rings (SSSR count). The van der Waals surface area contributed by atoms with Crippen molar-refractivity contribution in [1.29, 1.82) is 0 Å². The molecule has 0 spiro atoms. The molecule has 0 saturated heterocycles. The average molecular weight is 305 g/mol. The largest absolute Gasteiger partial charge is 0.466 e. The third kappa shape index (κ3) is 3.09. The van der Waals surface area contributed by atoms with Crippen LogP contribution in [0.15, 0.2) is 76.9 Å². The van der Waals surface area contributed by atoms with Gasteiger partial charge in [0.2, 0.25) is 0 Å². The lowest BCUT2D eigenvalue weighted by Crippen LogP contribution is -2.24. The van der Waals surface area contributed by atoms with Gasteiger partial charge in [-0.25, -0.2) is 4.79 Å². The summed E-state index contributed by atoms with van der Waals surface area (Å²) in [5, 5.41) is 0. The fraction of sp³-hybridized carbons (Fsp3) is 0.200. The fourth-order valence-electron chi connectivity index (χ4n) is 2.81. The van der Waals surface area contributed by atoms with E-state index in [2.05, 4.69) is 0 Å². The molecule has 0 radical (unpaired) electrons. The number of hydrogen-bond donors (Lipinski definition) is 0. The van der Waals surface area contributed by atoms with Crippen molar-refractivity contribution in [2.45, 2.75) is 13.3 Å². The number of carbonyl (C=O) groups is 1. The van der Waals surface area contributed by atoms with E-state index in [1.807, 2.05) is 67.6 Å². The molecule has 0 N–H and O–H groups in total. The molecular weight excluding hydrogens is 286 g/mol.